The third kappa shape index (κ3) is 92.2. The first-order valence-electron chi connectivity index (χ1n) is 27.6. The van der Waals surface area contributed by atoms with Gasteiger partial charge in [0, 0.05) is 77.6 Å². The summed E-state index contributed by atoms with van der Waals surface area (Å²) in [5.41, 5.74) is 0. The molecule has 75 heavy (non-hydrogen) atoms. The fourth-order valence-corrected chi connectivity index (χ4v) is 5.61. The highest BCUT2D eigenvalue weighted by Gasteiger charge is 1.99. The van der Waals surface area contributed by atoms with E-state index in [4.69, 9.17) is 42.6 Å². The van der Waals surface area contributed by atoms with Crippen molar-refractivity contribution in [3.63, 3.8) is 0 Å². The van der Waals surface area contributed by atoms with E-state index in [0.717, 1.165) is 122 Å². The van der Waals surface area contributed by atoms with Gasteiger partial charge in [-0.2, -0.15) is 0 Å². The minimum absolute atomic E-state index is 0.309. The standard InChI is InChI=1S/C12H22O3.C12H22O2.C10H18O3.C10H18O2.C8H14O3.C8H14O2/c1-3-12(13)15-11-9-7-5-4-6-8-10-14-2;1-3-5-6-7-8-9-10-11-14-12(13)4-2;1-3-10(11)13-9-7-5-4-6-8-12-2;1-3-5-6-7-8-9-12-10(11)4-2;1-3-8(9)11-7-5-4-6-10-2;1-3-5-6-7-10-8(9)4-2/h3H,1,4-11H2,2H3;4H,2-3,5-11H2,1H3;3H,1,4-9H2,2H3;4H,2-3,5-9H2,1H3;3H,1,4-7H2,2H3;4H,2-3,5-7H2,1H3. The molecule has 0 aromatic heterocycles. The van der Waals surface area contributed by atoms with Crippen LogP contribution in [0.5, 0.6) is 0 Å². The number of hydrogen-bond acceptors (Lipinski definition) is 15. The van der Waals surface area contributed by atoms with Gasteiger partial charge in [0.1, 0.15) is 0 Å². The molecule has 0 bridgehead atoms. The molecule has 0 radical (unpaired) electrons. The number of methoxy groups -OCH3 is 3. The minimum Gasteiger partial charge on any atom is -0.463 e. The van der Waals surface area contributed by atoms with Crippen LogP contribution in [0.15, 0.2) is 75.9 Å². The third-order valence-electron chi connectivity index (χ3n) is 9.94. The second kappa shape index (κ2) is 78.0. The lowest BCUT2D eigenvalue weighted by atomic mass is 10.1. The lowest BCUT2D eigenvalue weighted by molar-refractivity contribution is -0.138. The van der Waals surface area contributed by atoms with Gasteiger partial charge in [0.2, 0.25) is 0 Å². The summed E-state index contributed by atoms with van der Waals surface area (Å²) in [6.45, 7) is 31.8. The highest BCUT2D eigenvalue weighted by molar-refractivity contribution is 5.82. The molecule has 438 valence electrons. The number of carbonyl (C=O) groups excluding carboxylic acids is 6. The van der Waals surface area contributed by atoms with Crippen molar-refractivity contribution >= 4 is 35.8 Å². The molecule has 0 aliphatic rings. The number of esters is 6. The molecule has 0 N–H and O–H groups in total. The topological polar surface area (TPSA) is 185 Å². The lowest BCUT2D eigenvalue weighted by Gasteiger charge is -2.02. The molecule has 0 aromatic carbocycles. The third-order valence-corrected chi connectivity index (χ3v) is 9.94. The number of rotatable bonds is 45. The van der Waals surface area contributed by atoms with Gasteiger partial charge >= 0.3 is 35.8 Å². The molecule has 0 aliphatic carbocycles. The van der Waals surface area contributed by atoms with Crippen LogP contribution in [-0.2, 0) is 71.4 Å². The Morgan fingerprint density at radius 1 is 0.240 bits per heavy atom. The summed E-state index contributed by atoms with van der Waals surface area (Å²) in [7, 11) is 5.08. The summed E-state index contributed by atoms with van der Waals surface area (Å²) in [4.78, 5) is 63.4. The zero-order chi connectivity index (χ0) is 57.5. The van der Waals surface area contributed by atoms with Crippen LogP contribution in [-0.4, -0.2) is 117 Å². The van der Waals surface area contributed by atoms with Crippen molar-refractivity contribution in [1.29, 1.82) is 0 Å². The van der Waals surface area contributed by atoms with Crippen molar-refractivity contribution in [2.45, 2.75) is 194 Å². The average Bonchev–Trinajstić information content (AvgIpc) is 3.43. The first kappa shape index (κ1) is 81.5. The van der Waals surface area contributed by atoms with Gasteiger partial charge in [0.15, 0.2) is 0 Å². The zero-order valence-electron chi connectivity index (χ0n) is 48.3. The summed E-state index contributed by atoms with van der Waals surface area (Å²) in [6, 6.07) is 0. The molecule has 0 saturated carbocycles. The Kier molecular flexibility index (Phi) is 84.8. The maximum Gasteiger partial charge on any atom is 0.330 e. The van der Waals surface area contributed by atoms with Gasteiger partial charge in [-0.3, -0.25) is 0 Å². The van der Waals surface area contributed by atoms with Gasteiger partial charge < -0.3 is 42.6 Å². The molecule has 0 aromatic rings. The number of ether oxygens (including phenoxy) is 9. The monoisotopic (exact) mass is 1070 g/mol. The summed E-state index contributed by atoms with van der Waals surface area (Å²) >= 11 is 0. The molecular formula is C60H108O15. The van der Waals surface area contributed by atoms with Crippen LogP contribution in [0.1, 0.15) is 194 Å². The maximum absolute atomic E-state index is 10.7. The van der Waals surface area contributed by atoms with E-state index in [-0.39, 0.29) is 35.8 Å². The van der Waals surface area contributed by atoms with Gasteiger partial charge in [0.25, 0.3) is 0 Å². The Hall–Kier alpha value is -4.86. The van der Waals surface area contributed by atoms with Crippen molar-refractivity contribution in [1.82, 2.24) is 0 Å². The molecule has 15 nitrogen and oxygen atoms in total. The van der Waals surface area contributed by atoms with E-state index in [2.05, 4.69) is 60.2 Å². The summed E-state index contributed by atoms with van der Waals surface area (Å²) < 4.78 is 43.5. The summed E-state index contributed by atoms with van der Waals surface area (Å²) in [5, 5.41) is 0. The molecule has 0 fully saturated rings. The van der Waals surface area contributed by atoms with Crippen LogP contribution in [0.25, 0.3) is 0 Å². The summed E-state index contributed by atoms with van der Waals surface area (Å²) in [5.74, 6) is -1.97. The van der Waals surface area contributed by atoms with Gasteiger partial charge in [-0.05, 0) is 64.2 Å². The molecule has 0 rings (SSSR count). The van der Waals surface area contributed by atoms with Crippen molar-refractivity contribution in [2.24, 2.45) is 0 Å². The number of carbonyl (C=O) groups is 6. The van der Waals surface area contributed by atoms with Crippen molar-refractivity contribution in [3.05, 3.63) is 75.9 Å². The highest BCUT2D eigenvalue weighted by Crippen LogP contribution is 2.08. The molecule has 0 heterocycles. The van der Waals surface area contributed by atoms with Gasteiger partial charge in [0.05, 0.1) is 39.6 Å². The average molecular weight is 1070 g/mol. The van der Waals surface area contributed by atoms with E-state index < -0.39 is 0 Å². The molecule has 0 saturated heterocycles. The van der Waals surface area contributed by atoms with Crippen LogP contribution in [0.2, 0.25) is 0 Å². The van der Waals surface area contributed by atoms with E-state index in [9.17, 15) is 28.8 Å². The molecule has 0 amide bonds. The first-order valence-corrected chi connectivity index (χ1v) is 27.6. The van der Waals surface area contributed by atoms with E-state index in [1.807, 2.05) is 0 Å². The number of hydrogen-bond donors (Lipinski definition) is 0. The first-order chi connectivity index (χ1) is 36.3. The SMILES string of the molecule is C=CC(=O)OCCCCC.C=CC(=O)OCCCCCCC.C=CC(=O)OCCCCCCCCC.C=CC(=O)OCCCCCCCCOC.C=CC(=O)OCCCCCCOC.C=CC(=O)OCCCCOC. The number of unbranched alkanes of at least 4 members (excludes halogenated alkanes) is 21. The largest absolute Gasteiger partial charge is 0.463 e. The fraction of sp³-hybridized carbons (Fsp3) is 0.700. The van der Waals surface area contributed by atoms with Crippen LogP contribution in [0.4, 0.5) is 0 Å². The van der Waals surface area contributed by atoms with Gasteiger partial charge in [-0.15, -0.1) is 0 Å². The van der Waals surface area contributed by atoms with E-state index in [1.165, 1.54) is 101 Å². The Labute approximate surface area is 456 Å². The Bertz CT molecular complexity index is 1330. The molecule has 0 aliphatic heterocycles. The van der Waals surface area contributed by atoms with Gasteiger partial charge in [-0.1, -0.05) is 169 Å². The van der Waals surface area contributed by atoms with Crippen molar-refractivity contribution < 1.29 is 71.4 Å². The zero-order valence-corrected chi connectivity index (χ0v) is 48.3. The smallest absolute Gasteiger partial charge is 0.330 e. The Morgan fingerprint density at radius 2 is 0.373 bits per heavy atom. The second-order valence-corrected chi connectivity index (χ2v) is 16.7. The van der Waals surface area contributed by atoms with E-state index in [0.29, 0.717) is 46.2 Å². The quantitative estimate of drug-likeness (QED) is 0.0242. The van der Waals surface area contributed by atoms with Crippen LogP contribution in [0.3, 0.4) is 0 Å². The predicted octanol–water partition coefficient (Wildman–Crippen LogP) is 13.8. The predicted molar refractivity (Wildman–Crippen MR) is 304 cm³/mol. The molecular weight excluding hydrogens is 961 g/mol. The lowest BCUT2D eigenvalue weighted by Crippen LogP contribution is -2.02. The molecule has 15 heteroatoms. The second-order valence-electron chi connectivity index (χ2n) is 16.7. The fourth-order valence-electron chi connectivity index (χ4n) is 5.61. The Morgan fingerprint density at radius 3 is 0.560 bits per heavy atom. The van der Waals surface area contributed by atoms with E-state index in [1.54, 1.807) is 21.3 Å². The van der Waals surface area contributed by atoms with Gasteiger partial charge in [-0.25, -0.2) is 28.8 Å². The molecule has 0 spiro atoms. The van der Waals surface area contributed by atoms with E-state index >= 15 is 0 Å². The normalized spacial score (nSPS) is 9.52. The van der Waals surface area contributed by atoms with Crippen LogP contribution in [0, 0.1) is 0 Å². The van der Waals surface area contributed by atoms with Crippen LogP contribution < -0.4 is 0 Å². The molecule has 0 atom stereocenters. The molecule has 0 unspecified atom stereocenters. The summed E-state index contributed by atoms with van der Waals surface area (Å²) in [6.07, 6.45) is 37.7. The minimum atomic E-state index is -0.359. The van der Waals surface area contributed by atoms with Crippen molar-refractivity contribution in [3.8, 4) is 0 Å². The van der Waals surface area contributed by atoms with Crippen LogP contribution >= 0.6 is 0 Å². The maximum atomic E-state index is 10.7. The Balaban J connectivity index is -0.000000191. The highest BCUT2D eigenvalue weighted by atomic mass is 16.6. The van der Waals surface area contributed by atoms with Crippen molar-refractivity contribution in [2.75, 3.05) is 80.8 Å².